The van der Waals surface area contributed by atoms with Gasteiger partial charge in [0.2, 0.25) is 5.95 Å². The van der Waals surface area contributed by atoms with E-state index in [-0.39, 0.29) is 11.4 Å². The Kier molecular flexibility index (Phi) is 4.68. The molecule has 0 spiro atoms. The molecule has 1 heterocycles. The summed E-state index contributed by atoms with van der Waals surface area (Å²) in [6.45, 7) is 0. The van der Waals surface area contributed by atoms with Crippen LogP contribution in [0.1, 0.15) is 5.56 Å². The van der Waals surface area contributed by atoms with Crippen molar-refractivity contribution in [2.24, 2.45) is 0 Å². The van der Waals surface area contributed by atoms with Crippen molar-refractivity contribution in [1.29, 1.82) is 0 Å². The number of para-hydroxylation sites is 1. The molecule has 1 aromatic heterocycles. The van der Waals surface area contributed by atoms with E-state index in [1.54, 1.807) is 19.0 Å². The molecule has 2 N–H and O–H groups in total. The Bertz CT molecular complexity index is 686. The molecule has 0 saturated heterocycles. The number of anilines is 3. The SMILES string of the molecule is CN(C)c1ncc(NC(=O)Nc2ccccc2C(F)(F)F)cn1. The molecule has 6 nitrogen and oxygen atoms in total. The van der Waals surface area contributed by atoms with Crippen molar-refractivity contribution in [2.45, 2.75) is 6.18 Å². The number of benzene rings is 1. The van der Waals surface area contributed by atoms with Crippen LogP contribution < -0.4 is 15.5 Å². The van der Waals surface area contributed by atoms with Crippen LogP contribution in [0, 0.1) is 0 Å². The van der Waals surface area contributed by atoms with Crippen LogP contribution in [0.5, 0.6) is 0 Å². The second-order valence-corrected chi connectivity index (χ2v) is 4.79. The average Bonchev–Trinajstić information content (AvgIpc) is 2.47. The molecular formula is C14H14F3N5O. The van der Waals surface area contributed by atoms with Crippen LogP contribution in [-0.4, -0.2) is 30.1 Å². The Morgan fingerprint density at radius 1 is 1.09 bits per heavy atom. The number of aromatic nitrogens is 2. The lowest BCUT2D eigenvalue weighted by Gasteiger charge is -2.14. The van der Waals surface area contributed by atoms with Crippen LogP contribution in [0.25, 0.3) is 0 Å². The van der Waals surface area contributed by atoms with Crippen molar-refractivity contribution in [2.75, 3.05) is 29.6 Å². The van der Waals surface area contributed by atoms with E-state index in [4.69, 9.17) is 0 Å². The normalized spacial score (nSPS) is 11.0. The standard InChI is InChI=1S/C14H14F3N5O/c1-22(2)12-18-7-9(8-19-12)20-13(23)21-11-6-4-3-5-10(11)14(15,16)17/h3-8H,1-2H3,(H2,20,21,23). The number of urea groups is 1. The minimum absolute atomic E-state index is 0.262. The van der Waals surface area contributed by atoms with Gasteiger partial charge in [-0.3, -0.25) is 0 Å². The first kappa shape index (κ1) is 16.5. The number of carbonyl (C=O) groups excluding carboxylic acids is 1. The maximum absolute atomic E-state index is 12.8. The first-order valence-corrected chi connectivity index (χ1v) is 6.51. The van der Waals surface area contributed by atoms with Gasteiger partial charge in [-0.05, 0) is 12.1 Å². The molecule has 0 unspecified atom stereocenters. The van der Waals surface area contributed by atoms with E-state index in [2.05, 4.69) is 20.6 Å². The lowest BCUT2D eigenvalue weighted by molar-refractivity contribution is -0.136. The third kappa shape index (κ3) is 4.31. The molecule has 122 valence electrons. The number of carbonyl (C=O) groups is 1. The minimum atomic E-state index is -4.56. The van der Waals surface area contributed by atoms with Gasteiger partial charge in [-0.1, -0.05) is 12.1 Å². The molecule has 23 heavy (non-hydrogen) atoms. The van der Waals surface area contributed by atoms with Gasteiger partial charge in [0.25, 0.3) is 0 Å². The summed E-state index contributed by atoms with van der Waals surface area (Å²) in [4.78, 5) is 21.5. The van der Waals surface area contributed by atoms with Crippen molar-refractivity contribution in [1.82, 2.24) is 9.97 Å². The molecule has 0 fully saturated rings. The van der Waals surface area contributed by atoms with Crippen LogP contribution >= 0.6 is 0 Å². The Labute approximate surface area is 130 Å². The van der Waals surface area contributed by atoms with E-state index in [0.717, 1.165) is 6.07 Å². The molecular weight excluding hydrogens is 311 g/mol. The fourth-order valence-electron chi connectivity index (χ4n) is 1.74. The smallest absolute Gasteiger partial charge is 0.347 e. The molecule has 2 rings (SSSR count). The molecule has 0 aliphatic rings. The Hall–Kier alpha value is -2.84. The van der Waals surface area contributed by atoms with Gasteiger partial charge < -0.3 is 15.5 Å². The third-order valence-corrected chi connectivity index (χ3v) is 2.78. The van der Waals surface area contributed by atoms with E-state index < -0.39 is 17.8 Å². The number of rotatable bonds is 3. The summed E-state index contributed by atoms with van der Waals surface area (Å²) in [6, 6.07) is 3.90. The summed E-state index contributed by atoms with van der Waals surface area (Å²) >= 11 is 0. The first-order chi connectivity index (χ1) is 10.8. The van der Waals surface area contributed by atoms with Gasteiger partial charge >= 0.3 is 12.2 Å². The predicted molar refractivity (Wildman–Crippen MR) is 80.4 cm³/mol. The third-order valence-electron chi connectivity index (χ3n) is 2.78. The van der Waals surface area contributed by atoms with E-state index in [0.29, 0.717) is 5.95 Å². The van der Waals surface area contributed by atoms with E-state index in [1.165, 1.54) is 30.6 Å². The van der Waals surface area contributed by atoms with E-state index >= 15 is 0 Å². The molecule has 0 bridgehead atoms. The zero-order chi connectivity index (χ0) is 17.0. The molecule has 0 radical (unpaired) electrons. The number of hydrogen-bond donors (Lipinski definition) is 2. The fourth-order valence-corrected chi connectivity index (χ4v) is 1.74. The minimum Gasteiger partial charge on any atom is -0.347 e. The largest absolute Gasteiger partial charge is 0.418 e. The van der Waals surface area contributed by atoms with Crippen molar-refractivity contribution in [3.05, 3.63) is 42.2 Å². The second-order valence-electron chi connectivity index (χ2n) is 4.79. The maximum atomic E-state index is 12.8. The predicted octanol–water partition coefficient (Wildman–Crippen LogP) is 3.21. The summed E-state index contributed by atoms with van der Waals surface area (Å²) in [7, 11) is 3.51. The summed E-state index contributed by atoms with van der Waals surface area (Å²) in [5, 5.41) is 4.54. The van der Waals surface area contributed by atoms with Gasteiger partial charge in [-0.25, -0.2) is 14.8 Å². The zero-order valence-electron chi connectivity index (χ0n) is 12.3. The van der Waals surface area contributed by atoms with Gasteiger partial charge in [0, 0.05) is 14.1 Å². The number of nitrogens with zero attached hydrogens (tertiary/aromatic N) is 3. The quantitative estimate of drug-likeness (QED) is 0.909. The van der Waals surface area contributed by atoms with Crippen LogP contribution in [0.2, 0.25) is 0 Å². The van der Waals surface area contributed by atoms with Gasteiger partial charge in [0.15, 0.2) is 0 Å². The van der Waals surface area contributed by atoms with Crippen molar-refractivity contribution in [3.63, 3.8) is 0 Å². The fraction of sp³-hybridized carbons (Fsp3) is 0.214. The van der Waals surface area contributed by atoms with Crippen LogP contribution in [0.4, 0.5) is 35.3 Å². The molecule has 2 amide bonds. The van der Waals surface area contributed by atoms with E-state index in [9.17, 15) is 18.0 Å². The summed E-state index contributed by atoms with van der Waals surface area (Å²) in [5.74, 6) is 0.443. The highest BCUT2D eigenvalue weighted by Gasteiger charge is 2.33. The molecule has 2 aromatic rings. The number of alkyl halides is 3. The second kappa shape index (κ2) is 6.51. The lowest BCUT2D eigenvalue weighted by Crippen LogP contribution is -2.22. The molecule has 0 aliphatic heterocycles. The Balaban J connectivity index is 2.08. The van der Waals surface area contributed by atoms with Crippen LogP contribution in [0.15, 0.2) is 36.7 Å². The highest BCUT2D eigenvalue weighted by Crippen LogP contribution is 2.34. The van der Waals surface area contributed by atoms with Crippen molar-refractivity contribution >= 4 is 23.4 Å². The number of halogens is 3. The van der Waals surface area contributed by atoms with Crippen molar-refractivity contribution in [3.8, 4) is 0 Å². The number of nitrogens with one attached hydrogen (secondary N) is 2. The van der Waals surface area contributed by atoms with Crippen LogP contribution in [-0.2, 0) is 6.18 Å². The van der Waals surface area contributed by atoms with Crippen LogP contribution in [0.3, 0.4) is 0 Å². The monoisotopic (exact) mass is 325 g/mol. The molecule has 0 aliphatic carbocycles. The highest BCUT2D eigenvalue weighted by molar-refractivity contribution is 6.00. The summed E-state index contributed by atoms with van der Waals surface area (Å²) in [6.07, 6.45) is -1.84. The maximum Gasteiger partial charge on any atom is 0.418 e. The summed E-state index contributed by atoms with van der Waals surface area (Å²) < 4.78 is 38.5. The van der Waals surface area contributed by atoms with Gasteiger partial charge in [0.1, 0.15) is 0 Å². The zero-order valence-corrected chi connectivity index (χ0v) is 12.3. The molecule has 9 heteroatoms. The molecule has 0 saturated carbocycles. The lowest BCUT2D eigenvalue weighted by atomic mass is 10.1. The topological polar surface area (TPSA) is 70.2 Å². The summed E-state index contributed by atoms with van der Waals surface area (Å²) in [5.41, 5.74) is -0.990. The van der Waals surface area contributed by atoms with Gasteiger partial charge in [0.05, 0.1) is 29.3 Å². The first-order valence-electron chi connectivity index (χ1n) is 6.51. The Morgan fingerprint density at radius 3 is 2.26 bits per heavy atom. The molecule has 1 aromatic carbocycles. The number of hydrogen-bond acceptors (Lipinski definition) is 4. The highest BCUT2D eigenvalue weighted by atomic mass is 19.4. The van der Waals surface area contributed by atoms with Gasteiger partial charge in [-0.15, -0.1) is 0 Å². The van der Waals surface area contributed by atoms with E-state index in [1.807, 2.05) is 0 Å². The van der Waals surface area contributed by atoms with Gasteiger partial charge in [-0.2, -0.15) is 13.2 Å². The average molecular weight is 325 g/mol. The number of amides is 2. The molecule has 0 atom stereocenters. The van der Waals surface area contributed by atoms with Crippen molar-refractivity contribution < 1.29 is 18.0 Å². The Morgan fingerprint density at radius 2 is 1.70 bits per heavy atom.